The van der Waals surface area contributed by atoms with Gasteiger partial charge in [-0.3, -0.25) is 14.9 Å². The molecule has 0 bridgehead atoms. The van der Waals surface area contributed by atoms with Crippen molar-refractivity contribution in [3.8, 4) is 23.3 Å². The van der Waals surface area contributed by atoms with Crippen LogP contribution in [0.2, 0.25) is 5.02 Å². The van der Waals surface area contributed by atoms with Crippen LogP contribution in [0.4, 0.5) is 18.9 Å². The Kier molecular flexibility index (Phi) is 8.17. The lowest BCUT2D eigenvalue weighted by Crippen LogP contribution is -2.15. The van der Waals surface area contributed by atoms with E-state index in [1.807, 2.05) is 19.1 Å². The van der Waals surface area contributed by atoms with E-state index in [1.54, 1.807) is 18.2 Å². The van der Waals surface area contributed by atoms with E-state index in [4.69, 9.17) is 21.1 Å². The Bertz CT molecular complexity index is 1340. The van der Waals surface area contributed by atoms with Gasteiger partial charge in [0.1, 0.15) is 17.4 Å². The summed E-state index contributed by atoms with van der Waals surface area (Å²) in [4.78, 5) is 23.3. The van der Waals surface area contributed by atoms with Gasteiger partial charge in [-0.05, 0) is 36.8 Å². The number of carbonyl (C=O) groups excluding carboxylic acids is 1. The molecule has 11 heteroatoms. The number of benzene rings is 3. The first kappa shape index (κ1) is 26.5. The van der Waals surface area contributed by atoms with E-state index in [9.17, 15) is 33.3 Å². The summed E-state index contributed by atoms with van der Waals surface area (Å²) in [6.45, 7) is 1.58. The van der Waals surface area contributed by atoms with Crippen molar-refractivity contribution in [2.45, 2.75) is 25.4 Å². The lowest BCUT2D eigenvalue weighted by atomic mass is 9.93. The number of nitriles is 1. The molecule has 36 heavy (non-hydrogen) atoms. The van der Waals surface area contributed by atoms with Gasteiger partial charge < -0.3 is 9.47 Å². The van der Waals surface area contributed by atoms with Crippen molar-refractivity contribution in [3.05, 3.63) is 92.5 Å². The predicted molar refractivity (Wildman–Crippen MR) is 124 cm³/mol. The number of hydrogen-bond donors (Lipinski definition) is 0. The summed E-state index contributed by atoms with van der Waals surface area (Å²) in [6.07, 6.45) is -4.78. The number of alkyl halides is 3. The molecule has 0 fully saturated rings. The molecule has 1 atom stereocenters. The van der Waals surface area contributed by atoms with E-state index in [-0.39, 0.29) is 35.3 Å². The molecule has 0 spiro atoms. The lowest BCUT2D eigenvalue weighted by Gasteiger charge is -2.13. The maximum Gasteiger partial charge on any atom is 0.416 e. The topological polar surface area (TPSA) is 102 Å². The first-order chi connectivity index (χ1) is 17.0. The summed E-state index contributed by atoms with van der Waals surface area (Å²) in [5, 5.41) is 20.5. The van der Waals surface area contributed by atoms with Crippen LogP contribution >= 0.6 is 11.6 Å². The van der Waals surface area contributed by atoms with E-state index >= 15 is 0 Å². The monoisotopic (exact) mass is 518 g/mol. The minimum Gasteiger partial charge on any atom is -0.486 e. The van der Waals surface area contributed by atoms with Crippen LogP contribution in [-0.2, 0) is 11.0 Å². The number of aryl methyl sites for hydroxylation is 1. The Morgan fingerprint density at radius 1 is 1.14 bits per heavy atom. The molecular formula is C25H18ClF3N2O5. The molecule has 3 aromatic carbocycles. The SMILES string of the molecule is Cc1cccc(C(C#N)C(=O)CCOc2cc(Oc3ccc(C(F)(F)F)cc3Cl)ccc2[N+](=O)[O-])c1. The Hall–Kier alpha value is -4.10. The van der Waals surface area contributed by atoms with Crippen molar-refractivity contribution in [1.29, 1.82) is 5.26 Å². The fraction of sp³-hybridized carbons (Fsp3) is 0.200. The van der Waals surface area contributed by atoms with Crippen LogP contribution in [0.3, 0.4) is 0 Å². The standard InChI is InChI=1S/C25H18ClF3N2O5/c1-15-3-2-4-16(11-15)19(14-30)22(32)9-10-35-24-13-18(6-7-21(24)31(33)34)36-23-8-5-17(12-20(23)26)25(27,28)29/h2-8,11-13,19H,9-10H2,1H3. The van der Waals surface area contributed by atoms with Crippen molar-refractivity contribution >= 4 is 23.1 Å². The normalized spacial score (nSPS) is 11.9. The number of nitro groups is 1. The molecular weight excluding hydrogens is 501 g/mol. The van der Waals surface area contributed by atoms with Gasteiger partial charge in [0.25, 0.3) is 0 Å². The number of nitrogens with zero attached hydrogens (tertiary/aromatic N) is 2. The van der Waals surface area contributed by atoms with Gasteiger partial charge in [0.05, 0.1) is 28.2 Å². The van der Waals surface area contributed by atoms with Gasteiger partial charge >= 0.3 is 11.9 Å². The minimum absolute atomic E-state index is 0.0123. The Morgan fingerprint density at radius 3 is 2.50 bits per heavy atom. The highest BCUT2D eigenvalue weighted by Gasteiger charge is 2.31. The molecule has 0 amide bonds. The Morgan fingerprint density at radius 2 is 1.89 bits per heavy atom. The second kappa shape index (κ2) is 11.1. The number of Topliss-reactive ketones (excluding diaryl/α,β-unsaturated/α-hetero) is 1. The second-order valence-electron chi connectivity index (χ2n) is 7.67. The fourth-order valence-corrected chi connectivity index (χ4v) is 3.52. The van der Waals surface area contributed by atoms with Crippen LogP contribution < -0.4 is 9.47 Å². The summed E-state index contributed by atoms with van der Waals surface area (Å²) in [5.74, 6) is -1.75. The number of rotatable bonds is 9. The summed E-state index contributed by atoms with van der Waals surface area (Å²) in [5.41, 5.74) is 0.0529. The summed E-state index contributed by atoms with van der Waals surface area (Å²) in [7, 11) is 0. The number of ketones is 1. The van der Waals surface area contributed by atoms with E-state index in [1.165, 1.54) is 12.1 Å². The van der Waals surface area contributed by atoms with Gasteiger partial charge in [-0.15, -0.1) is 0 Å². The van der Waals surface area contributed by atoms with Gasteiger partial charge in [-0.25, -0.2) is 0 Å². The number of hydrogen-bond acceptors (Lipinski definition) is 6. The molecule has 0 aliphatic rings. The quantitative estimate of drug-likeness (QED) is 0.223. The average Bonchev–Trinajstić information content (AvgIpc) is 2.80. The summed E-state index contributed by atoms with van der Waals surface area (Å²) in [6, 6.07) is 14.9. The zero-order valence-electron chi connectivity index (χ0n) is 18.7. The van der Waals surface area contributed by atoms with Crippen LogP contribution in [0.15, 0.2) is 60.7 Å². The molecule has 3 aromatic rings. The molecule has 0 radical (unpaired) electrons. The van der Waals surface area contributed by atoms with Crippen molar-refractivity contribution in [3.63, 3.8) is 0 Å². The van der Waals surface area contributed by atoms with Crippen molar-refractivity contribution in [2.24, 2.45) is 0 Å². The van der Waals surface area contributed by atoms with Crippen molar-refractivity contribution in [1.82, 2.24) is 0 Å². The highest BCUT2D eigenvalue weighted by atomic mass is 35.5. The van der Waals surface area contributed by atoms with Crippen molar-refractivity contribution in [2.75, 3.05) is 6.61 Å². The molecule has 0 heterocycles. The molecule has 0 aromatic heterocycles. The maximum atomic E-state index is 12.8. The third-order valence-corrected chi connectivity index (χ3v) is 5.34. The van der Waals surface area contributed by atoms with E-state index in [0.717, 1.165) is 23.8 Å². The lowest BCUT2D eigenvalue weighted by molar-refractivity contribution is -0.385. The smallest absolute Gasteiger partial charge is 0.416 e. The van der Waals surface area contributed by atoms with Crippen LogP contribution in [-0.4, -0.2) is 17.3 Å². The van der Waals surface area contributed by atoms with E-state index in [2.05, 4.69) is 0 Å². The largest absolute Gasteiger partial charge is 0.486 e. The predicted octanol–water partition coefficient (Wildman–Crippen LogP) is 7.01. The molecule has 0 aliphatic carbocycles. The number of halogens is 4. The van der Waals surface area contributed by atoms with Gasteiger partial charge in [0.15, 0.2) is 5.78 Å². The van der Waals surface area contributed by atoms with Gasteiger partial charge in [0.2, 0.25) is 5.75 Å². The highest BCUT2D eigenvalue weighted by molar-refractivity contribution is 6.32. The summed E-state index contributed by atoms with van der Waals surface area (Å²) >= 11 is 5.90. The zero-order valence-corrected chi connectivity index (χ0v) is 19.5. The first-order valence-electron chi connectivity index (χ1n) is 10.4. The van der Waals surface area contributed by atoms with Gasteiger partial charge in [-0.1, -0.05) is 41.4 Å². The van der Waals surface area contributed by atoms with Crippen LogP contribution in [0.5, 0.6) is 17.2 Å². The second-order valence-corrected chi connectivity index (χ2v) is 8.08. The maximum absolute atomic E-state index is 12.8. The number of ether oxygens (including phenoxy) is 2. The van der Waals surface area contributed by atoms with E-state index in [0.29, 0.717) is 11.6 Å². The van der Waals surface area contributed by atoms with Crippen molar-refractivity contribution < 1.29 is 32.4 Å². The molecule has 0 aliphatic heterocycles. The third-order valence-electron chi connectivity index (χ3n) is 5.05. The molecule has 3 rings (SSSR count). The van der Waals surface area contributed by atoms with Crippen LogP contribution in [0, 0.1) is 28.4 Å². The van der Waals surface area contributed by atoms with Gasteiger partial charge in [-0.2, -0.15) is 18.4 Å². The first-order valence-corrected chi connectivity index (χ1v) is 10.8. The zero-order chi connectivity index (χ0) is 26.5. The number of carbonyl (C=O) groups is 1. The average molecular weight is 519 g/mol. The van der Waals surface area contributed by atoms with E-state index < -0.39 is 34.1 Å². The molecule has 7 nitrogen and oxygen atoms in total. The van der Waals surface area contributed by atoms with Gasteiger partial charge in [0, 0.05) is 18.6 Å². The van der Waals surface area contributed by atoms with Crippen LogP contribution in [0.1, 0.15) is 29.0 Å². The molecule has 0 saturated carbocycles. The molecule has 1 unspecified atom stereocenters. The molecule has 186 valence electrons. The third kappa shape index (κ3) is 6.52. The Labute approximate surface area is 208 Å². The summed E-state index contributed by atoms with van der Waals surface area (Å²) < 4.78 is 49.5. The fourth-order valence-electron chi connectivity index (χ4n) is 3.30. The minimum atomic E-state index is -4.59. The highest BCUT2D eigenvalue weighted by Crippen LogP contribution is 2.38. The molecule has 0 N–H and O–H groups in total. The number of nitro benzene ring substituents is 1. The van der Waals surface area contributed by atoms with Crippen LogP contribution in [0.25, 0.3) is 0 Å². The Balaban J connectivity index is 1.74. The molecule has 0 saturated heterocycles.